The average molecular weight is 420 g/mol. The number of aromatic nitrogens is 1. The van der Waals surface area contributed by atoms with Gasteiger partial charge in [-0.3, -0.25) is 9.78 Å². The van der Waals surface area contributed by atoms with E-state index < -0.39 is 6.03 Å². The second-order valence-corrected chi connectivity index (χ2v) is 6.66. The van der Waals surface area contributed by atoms with Crippen LogP contribution in [0.4, 0.5) is 16.2 Å². The molecule has 0 aliphatic heterocycles. The highest BCUT2D eigenvalue weighted by Crippen LogP contribution is 2.27. The van der Waals surface area contributed by atoms with Crippen LogP contribution in [0.15, 0.2) is 66.9 Å². The second kappa shape index (κ2) is 10.6. The van der Waals surface area contributed by atoms with Crippen LogP contribution in [0.5, 0.6) is 11.5 Å². The largest absolute Gasteiger partial charge is 0.495 e. The van der Waals surface area contributed by atoms with Crippen molar-refractivity contribution in [3.63, 3.8) is 0 Å². The van der Waals surface area contributed by atoms with E-state index in [0.717, 1.165) is 11.3 Å². The number of carbonyl (C=O) groups excluding carboxylic acids is 2. The number of carbonyl (C=O) groups is 2. The van der Waals surface area contributed by atoms with Gasteiger partial charge in [-0.25, -0.2) is 4.79 Å². The molecule has 3 rings (SSSR count). The third-order valence-corrected chi connectivity index (χ3v) is 4.23. The molecule has 3 N–H and O–H groups in total. The number of methoxy groups -OCH3 is 1. The van der Waals surface area contributed by atoms with Crippen LogP contribution in [-0.4, -0.2) is 24.0 Å². The molecule has 0 saturated heterocycles. The topological polar surface area (TPSA) is 102 Å². The highest BCUT2D eigenvalue weighted by molar-refractivity contribution is 5.94. The lowest BCUT2D eigenvalue weighted by Gasteiger charge is -2.13. The third-order valence-electron chi connectivity index (χ3n) is 4.23. The lowest BCUT2D eigenvalue weighted by Crippen LogP contribution is -2.28. The minimum atomic E-state index is -0.405. The quantitative estimate of drug-likeness (QED) is 0.512. The van der Waals surface area contributed by atoms with E-state index in [2.05, 4.69) is 20.9 Å². The lowest BCUT2D eigenvalue weighted by molar-refractivity contribution is -0.114. The summed E-state index contributed by atoms with van der Waals surface area (Å²) in [5, 5.41) is 8.21. The number of benzene rings is 2. The van der Waals surface area contributed by atoms with E-state index in [1.165, 1.54) is 14.0 Å². The number of hydrogen-bond donors (Lipinski definition) is 3. The van der Waals surface area contributed by atoms with Crippen molar-refractivity contribution in [3.05, 3.63) is 78.1 Å². The summed E-state index contributed by atoms with van der Waals surface area (Å²) in [5.41, 5.74) is 2.72. The number of urea groups is 1. The Labute approximate surface area is 180 Å². The Hall–Kier alpha value is -4.07. The zero-order valence-electron chi connectivity index (χ0n) is 17.3. The van der Waals surface area contributed by atoms with Crippen molar-refractivity contribution in [1.29, 1.82) is 0 Å². The fourth-order valence-corrected chi connectivity index (χ4v) is 2.82. The van der Waals surface area contributed by atoms with Crippen LogP contribution in [0.1, 0.15) is 18.2 Å². The number of hydrogen-bond acceptors (Lipinski definition) is 5. The van der Waals surface area contributed by atoms with Crippen molar-refractivity contribution in [2.75, 3.05) is 17.7 Å². The van der Waals surface area contributed by atoms with E-state index in [9.17, 15) is 9.59 Å². The highest BCUT2D eigenvalue weighted by Gasteiger charge is 2.09. The molecule has 0 atom stereocenters. The molecule has 0 aliphatic rings. The number of nitrogens with one attached hydrogen (secondary N) is 3. The maximum atomic E-state index is 12.4. The van der Waals surface area contributed by atoms with Gasteiger partial charge in [-0.1, -0.05) is 18.2 Å². The number of pyridine rings is 1. The summed E-state index contributed by atoms with van der Waals surface area (Å²) < 4.78 is 11.0. The van der Waals surface area contributed by atoms with Crippen molar-refractivity contribution in [2.45, 2.75) is 20.1 Å². The predicted molar refractivity (Wildman–Crippen MR) is 118 cm³/mol. The van der Waals surface area contributed by atoms with E-state index >= 15 is 0 Å². The van der Waals surface area contributed by atoms with Crippen molar-refractivity contribution in [3.8, 4) is 11.5 Å². The standard InChI is InChI=1S/C23H24N4O4/c1-16(28)26-18-9-10-22(30-2)21(13-18)27-23(29)25-14-17-6-5-8-20(12-17)31-15-19-7-3-4-11-24-19/h3-13H,14-15H2,1-2H3,(H,26,28)(H2,25,27,29). The Bertz CT molecular complexity index is 1040. The second-order valence-electron chi connectivity index (χ2n) is 6.66. The summed E-state index contributed by atoms with van der Waals surface area (Å²) in [4.78, 5) is 27.9. The molecule has 0 spiro atoms. The molecule has 8 nitrogen and oxygen atoms in total. The molecular formula is C23H24N4O4. The van der Waals surface area contributed by atoms with Crippen LogP contribution in [0.2, 0.25) is 0 Å². The molecule has 0 bridgehead atoms. The first-order valence-corrected chi connectivity index (χ1v) is 9.65. The maximum absolute atomic E-state index is 12.4. The first-order valence-electron chi connectivity index (χ1n) is 9.65. The Morgan fingerprint density at radius 2 is 1.87 bits per heavy atom. The van der Waals surface area contributed by atoms with Gasteiger partial charge < -0.3 is 25.4 Å². The Morgan fingerprint density at radius 3 is 2.61 bits per heavy atom. The van der Waals surface area contributed by atoms with Crippen molar-refractivity contribution >= 4 is 23.3 Å². The summed E-state index contributed by atoms with van der Waals surface area (Å²) in [7, 11) is 1.51. The molecule has 0 unspecified atom stereocenters. The SMILES string of the molecule is COc1ccc(NC(C)=O)cc1NC(=O)NCc1cccc(OCc2ccccn2)c1. The minimum absolute atomic E-state index is 0.203. The van der Waals surface area contributed by atoms with Crippen LogP contribution in [0, 0.1) is 0 Å². The first-order chi connectivity index (χ1) is 15.0. The van der Waals surface area contributed by atoms with E-state index in [4.69, 9.17) is 9.47 Å². The van der Waals surface area contributed by atoms with Crippen LogP contribution >= 0.6 is 0 Å². The smallest absolute Gasteiger partial charge is 0.319 e. The molecule has 3 amide bonds. The van der Waals surface area contributed by atoms with Crippen LogP contribution < -0.4 is 25.4 Å². The molecule has 160 valence electrons. The van der Waals surface area contributed by atoms with Crippen molar-refractivity contribution in [1.82, 2.24) is 10.3 Å². The van der Waals surface area contributed by atoms with Gasteiger partial charge in [0.15, 0.2) is 0 Å². The van der Waals surface area contributed by atoms with E-state index in [1.54, 1.807) is 24.4 Å². The van der Waals surface area contributed by atoms with Crippen LogP contribution in [0.3, 0.4) is 0 Å². The Balaban J connectivity index is 1.56. The lowest BCUT2D eigenvalue weighted by atomic mass is 10.2. The van der Waals surface area contributed by atoms with E-state index in [1.807, 2.05) is 42.5 Å². The summed E-state index contributed by atoms with van der Waals surface area (Å²) in [6.45, 7) is 2.08. The number of amides is 3. The molecule has 2 aromatic carbocycles. The van der Waals surface area contributed by atoms with Gasteiger partial charge in [-0.15, -0.1) is 0 Å². The number of nitrogens with zero attached hydrogens (tertiary/aromatic N) is 1. The van der Waals surface area contributed by atoms with Gasteiger partial charge in [0.05, 0.1) is 18.5 Å². The number of rotatable bonds is 8. The Morgan fingerprint density at radius 1 is 1.00 bits per heavy atom. The monoisotopic (exact) mass is 420 g/mol. The highest BCUT2D eigenvalue weighted by atomic mass is 16.5. The zero-order valence-corrected chi connectivity index (χ0v) is 17.3. The molecule has 3 aromatic rings. The molecule has 0 radical (unpaired) electrons. The van der Waals surface area contributed by atoms with Gasteiger partial charge in [0.2, 0.25) is 5.91 Å². The summed E-state index contributed by atoms with van der Waals surface area (Å²) in [6, 6.07) is 17.7. The molecule has 1 aromatic heterocycles. The van der Waals surface area contributed by atoms with Gasteiger partial charge >= 0.3 is 6.03 Å². The van der Waals surface area contributed by atoms with Crippen molar-refractivity contribution < 1.29 is 19.1 Å². The molecule has 8 heteroatoms. The molecule has 1 heterocycles. The minimum Gasteiger partial charge on any atom is -0.495 e. The Kier molecular flexibility index (Phi) is 7.42. The van der Waals surface area contributed by atoms with Gasteiger partial charge in [0.25, 0.3) is 0 Å². The molecule has 0 saturated carbocycles. The van der Waals surface area contributed by atoms with E-state index in [-0.39, 0.29) is 5.91 Å². The predicted octanol–water partition coefficient (Wildman–Crippen LogP) is 3.95. The number of anilines is 2. The zero-order chi connectivity index (χ0) is 22.1. The molecule has 31 heavy (non-hydrogen) atoms. The van der Waals surface area contributed by atoms with E-state index in [0.29, 0.717) is 36.0 Å². The molecule has 0 fully saturated rings. The third kappa shape index (κ3) is 6.74. The van der Waals surface area contributed by atoms with Crippen LogP contribution in [0.25, 0.3) is 0 Å². The van der Waals surface area contributed by atoms with Gasteiger partial charge in [-0.2, -0.15) is 0 Å². The molecular weight excluding hydrogens is 396 g/mol. The van der Waals surface area contributed by atoms with Gasteiger partial charge in [-0.05, 0) is 48.0 Å². The van der Waals surface area contributed by atoms with Gasteiger partial charge in [0, 0.05) is 25.4 Å². The fraction of sp³-hybridized carbons (Fsp3) is 0.174. The summed E-state index contributed by atoms with van der Waals surface area (Å²) >= 11 is 0. The van der Waals surface area contributed by atoms with Gasteiger partial charge in [0.1, 0.15) is 18.1 Å². The fourth-order valence-electron chi connectivity index (χ4n) is 2.82. The normalized spacial score (nSPS) is 10.1. The maximum Gasteiger partial charge on any atom is 0.319 e. The summed E-state index contributed by atoms with van der Waals surface area (Å²) in [5.74, 6) is 0.968. The first kappa shape index (κ1) is 21.6. The molecule has 0 aliphatic carbocycles. The number of ether oxygens (including phenoxy) is 2. The summed E-state index contributed by atoms with van der Waals surface area (Å²) in [6.07, 6.45) is 1.72. The van der Waals surface area contributed by atoms with Crippen molar-refractivity contribution in [2.24, 2.45) is 0 Å². The average Bonchev–Trinajstić information content (AvgIpc) is 2.77. The van der Waals surface area contributed by atoms with Crippen LogP contribution in [-0.2, 0) is 17.9 Å².